The van der Waals surface area contributed by atoms with Crippen LogP contribution in [0.4, 0.5) is 0 Å². The van der Waals surface area contributed by atoms with Crippen LogP contribution in [0.15, 0.2) is 10.3 Å². The molecule has 5 nitrogen and oxygen atoms in total. The first-order valence-corrected chi connectivity index (χ1v) is 7.86. The molecular weight excluding hydrogens is 272 g/mol. The lowest BCUT2D eigenvalue weighted by Crippen LogP contribution is -2.37. The maximum Gasteiger partial charge on any atom is 0.252 e. The van der Waals surface area contributed by atoms with Crippen molar-refractivity contribution in [1.29, 1.82) is 0 Å². The van der Waals surface area contributed by atoms with E-state index in [1.54, 1.807) is 20.2 Å². The molecule has 1 aromatic heterocycles. The van der Waals surface area contributed by atoms with Crippen LogP contribution in [0.1, 0.15) is 17.4 Å². The highest BCUT2D eigenvalue weighted by Gasteiger charge is 2.27. The van der Waals surface area contributed by atoms with Crippen molar-refractivity contribution in [3.8, 4) is 0 Å². The molecule has 0 aliphatic rings. The molecule has 7 heteroatoms. The lowest BCUT2D eigenvalue weighted by molar-refractivity contribution is 0.149. The summed E-state index contributed by atoms with van der Waals surface area (Å²) in [5, 5.41) is 0. The molecule has 0 fully saturated rings. The van der Waals surface area contributed by atoms with Gasteiger partial charge in [-0.1, -0.05) is 0 Å². The van der Waals surface area contributed by atoms with Crippen molar-refractivity contribution >= 4 is 21.4 Å². The Hall–Kier alpha value is -0.470. The monoisotopic (exact) mass is 292 g/mol. The molecule has 0 aromatic carbocycles. The number of hydrogen-bond acceptors (Lipinski definition) is 5. The fraction of sp³-hybridized carbons (Fsp3) is 0.636. The number of sulfonamides is 1. The molecule has 1 rings (SSSR count). The predicted octanol–water partition coefficient (Wildman–Crippen LogP) is 1.17. The number of aryl methyl sites for hydroxylation is 1. The van der Waals surface area contributed by atoms with Crippen LogP contribution in [0.3, 0.4) is 0 Å². The molecule has 1 atom stereocenters. The third-order valence-electron chi connectivity index (χ3n) is 2.85. The Labute approximate surface area is 113 Å². The molecule has 0 radical (unpaired) electrons. The molecule has 1 aromatic rings. The van der Waals surface area contributed by atoms with Crippen molar-refractivity contribution in [3.63, 3.8) is 0 Å². The second-order valence-electron chi connectivity index (χ2n) is 4.20. The van der Waals surface area contributed by atoms with E-state index >= 15 is 0 Å². The van der Waals surface area contributed by atoms with Crippen LogP contribution >= 0.6 is 11.3 Å². The summed E-state index contributed by atoms with van der Waals surface area (Å²) in [4.78, 5) is 0.904. The van der Waals surface area contributed by atoms with E-state index in [4.69, 9.17) is 10.5 Å². The number of nitrogens with two attached hydrogens (primary N) is 1. The molecule has 0 amide bonds. The zero-order valence-corrected chi connectivity index (χ0v) is 12.8. The zero-order chi connectivity index (χ0) is 13.9. The first kappa shape index (κ1) is 15.6. The number of rotatable bonds is 6. The van der Waals surface area contributed by atoms with E-state index in [2.05, 4.69) is 0 Å². The van der Waals surface area contributed by atoms with Gasteiger partial charge >= 0.3 is 0 Å². The number of thiophene rings is 1. The van der Waals surface area contributed by atoms with Gasteiger partial charge in [-0.05, 0) is 25.5 Å². The highest BCUT2D eigenvalue weighted by molar-refractivity contribution is 7.91. The summed E-state index contributed by atoms with van der Waals surface area (Å²) in [5.41, 5.74) is 6.50. The first-order valence-electron chi connectivity index (χ1n) is 5.61. The van der Waals surface area contributed by atoms with E-state index in [0.29, 0.717) is 17.4 Å². The fourth-order valence-corrected chi connectivity index (χ4v) is 4.55. The van der Waals surface area contributed by atoms with Crippen LogP contribution in [0.2, 0.25) is 0 Å². The molecule has 0 aliphatic carbocycles. The minimum atomic E-state index is -3.46. The first-order chi connectivity index (χ1) is 8.34. The summed E-state index contributed by atoms with van der Waals surface area (Å²) in [6, 6.07) is 1.47. The molecule has 104 valence electrons. The van der Waals surface area contributed by atoms with E-state index in [-0.39, 0.29) is 6.04 Å². The Kier molecular flexibility index (Phi) is 5.30. The second-order valence-corrected chi connectivity index (χ2v) is 7.56. The third kappa shape index (κ3) is 3.10. The van der Waals surface area contributed by atoms with E-state index in [1.165, 1.54) is 15.6 Å². The number of hydrogen-bond donors (Lipinski definition) is 1. The minimum absolute atomic E-state index is 0.205. The topological polar surface area (TPSA) is 72.6 Å². The van der Waals surface area contributed by atoms with Gasteiger partial charge in [0.1, 0.15) is 4.21 Å². The van der Waals surface area contributed by atoms with Crippen molar-refractivity contribution in [1.82, 2.24) is 4.31 Å². The van der Waals surface area contributed by atoms with Gasteiger partial charge < -0.3 is 10.5 Å². The predicted molar refractivity (Wildman–Crippen MR) is 73.2 cm³/mol. The van der Waals surface area contributed by atoms with Gasteiger partial charge in [0.05, 0.1) is 6.61 Å². The highest BCUT2D eigenvalue weighted by Crippen LogP contribution is 2.28. The van der Waals surface area contributed by atoms with Gasteiger partial charge in [0.15, 0.2) is 0 Å². The standard InChI is InChI=1S/C11H20N2O3S2/c1-8-5-11(17-10(8)6-12)18(14,15)13(3)9(2)7-16-4/h5,9H,6-7,12H2,1-4H3. The SMILES string of the molecule is COCC(C)N(C)S(=O)(=O)c1cc(C)c(CN)s1. The van der Waals surface area contributed by atoms with E-state index < -0.39 is 10.0 Å². The van der Waals surface area contributed by atoms with E-state index in [9.17, 15) is 8.42 Å². The quantitative estimate of drug-likeness (QED) is 0.854. The summed E-state index contributed by atoms with van der Waals surface area (Å²) in [6.07, 6.45) is 0. The summed E-state index contributed by atoms with van der Waals surface area (Å²) in [7, 11) is -0.336. The molecule has 0 aliphatic heterocycles. The van der Waals surface area contributed by atoms with Crippen LogP contribution in [0.25, 0.3) is 0 Å². The van der Waals surface area contributed by atoms with Gasteiger partial charge in [-0.3, -0.25) is 0 Å². The molecule has 1 unspecified atom stereocenters. The molecule has 0 saturated carbocycles. The number of ether oxygens (including phenoxy) is 1. The Morgan fingerprint density at radius 3 is 2.61 bits per heavy atom. The Bertz CT molecular complexity index is 496. The van der Waals surface area contributed by atoms with E-state index in [0.717, 1.165) is 10.4 Å². The normalized spacial score (nSPS) is 14.1. The van der Waals surface area contributed by atoms with Crippen LogP contribution < -0.4 is 5.73 Å². The van der Waals surface area contributed by atoms with Crippen molar-refractivity contribution in [2.45, 2.75) is 30.6 Å². The summed E-state index contributed by atoms with van der Waals surface area (Å²) >= 11 is 1.23. The molecule has 0 bridgehead atoms. The molecule has 18 heavy (non-hydrogen) atoms. The number of likely N-dealkylation sites (N-methyl/N-ethyl adjacent to an activating group) is 1. The average Bonchev–Trinajstić information content (AvgIpc) is 2.70. The summed E-state index contributed by atoms with van der Waals surface area (Å²) in [5.74, 6) is 0. The second kappa shape index (κ2) is 6.12. The van der Waals surface area contributed by atoms with Crippen LogP contribution in [-0.4, -0.2) is 39.5 Å². The van der Waals surface area contributed by atoms with Crippen LogP contribution in [0, 0.1) is 6.92 Å². The van der Waals surface area contributed by atoms with Gasteiger partial charge in [0, 0.05) is 31.6 Å². The highest BCUT2D eigenvalue weighted by atomic mass is 32.2. The van der Waals surface area contributed by atoms with E-state index in [1.807, 2.05) is 13.8 Å². The average molecular weight is 292 g/mol. The van der Waals surface area contributed by atoms with Crippen molar-refractivity contribution in [3.05, 3.63) is 16.5 Å². The summed E-state index contributed by atoms with van der Waals surface area (Å²) < 4.78 is 31.4. The van der Waals surface area contributed by atoms with Gasteiger partial charge in [-0.25, -0.2) is 8.42 Å². The van der Waals surface area contributed by atoms with Gasteiger partial charge in [-0.2, -0.15) is 4.31 Å². The maximum absolute atomic E-state index is 12.4. The van der Waals surface area contributed by atoms with Gasteiger partial charge in [0.25, 0.3) is 10.0 Å². The lowest BCUT2D eigenvalue weighted by Gasteiger charge is -2.22. The molecule has 1 heterocycles. The van der Waals surface area contributed by atoms with Crippen molar-refractivity contribution in [2.75, 3.05) is 20.8 Å². The van der Waals surface area contributed by atoms with Crippen molar-refractivity contribution in [2.24, 2.45) is 5.73 Å². The largest absolute Gasteiger partial charge is 0.383 e. The lowest BCUT2D eigenvalue weighted by atomic mass is 10.3. The fourth-order valence-electron chi connectivity index (χ4n) is 1.54. The zero-order valence-electron chi connectivity index (χ0n) is 11.1. The molecule has 2 N–H and O–H groups in total. The van der Waals surface area contributed by atoms with Crippen molar-refractivity contribution < 1.29 is 13.2 Å². The molecule has 0 saturated heterocycles. The Morgan fingerprint density at radius 2 is 2.17 bits per heavy atom. The smallest absolute Gasteiger partial charge is 0.252 e. The maximum atomic E-state index is 12.4. The molecular formula is C11H20N2O3S2. The number of methoxy groups -OCH3 is 1. The molecule has 0 spiro atoms. The van der Waals surface area contributed by atoms with Crippen LogP contribution in [-0.2, 0) is 21.3 Å². The Balaban J connectivity index is 3.05. The number of nitrogens with zero attached hydrogens (tertiary/aromatic N) is 1. The third-order valence-corrected chi connectivity index (χ3v) is 6.53. The van der Waals surface area contributed by atoms with Gasteiger partial charge in [-0.15, -0.1) is 11.3 Å². The van der Waals surface area contributed by atoms with Gasteiger partial charge in [0.2, 0.25) is 0 Å². The summed E-state index contributed by atoms with van der Waals surface area (Å²) in [6.45, 7) is 4.41. The Morgan fingerprint density at radius 1 is 1.56 bits per heavy atom. The van der Waals surface area contributed by atoms with Crippen LogP contribution in [0.5, 0.6) is 0 Å². The minimum Gasteiger partial charge on any atom is -0.383 e.